The first kappa shape index (κ1) is 8.49. The van der Waals surface area contributed by atoms with E-state index >= 15 is 0 Å². The number of nitrogens with one attached hydrogen (secondary N) is 1. The van der Waals surface area contributed by atoms with E-state index < -0.39 is 12.0 Å². The van der Waals surface area contributed by atoms with Crippen molar-refractivity contribution in [3.05, 3.63) is 0 Å². The summed E-state index contributed by atoms with van der Waals surface area (Å²) in [7, 11) is 0. The SMILES string of the molecule is C[C@@H](NC1CC(N)C1)C(=O)O. The van der Waals surface area contributed by atoms with E-state index in [0.29, 0.717) is 6.04 Å². The highest BCUT2D eigenvalue weighted by atomic mass is 16.4. The lowest BCUT2D eigenvalue weighted by Gasteiger charge is -2.34. The summed E-state index contributed by atoms with van der Waals surface area (Å²) in [5, 5.41) is 11.5. The van der Waals surface area contributed by atoms with Crippen LogP contribution in [-0.4, -0.2) is 29.2 Å². The molecule has 64 valence electrons. The molecule has 1 atom stereocenters. The lowest BCUT2D eigenvalue weighted by molar-refractivity contribution is -0.139. The number of carboxylic acids is 1. The van der Waals surface area contributed by atoms with Crippen molar-refractivity contribution >= 4 is 5.97 Å². The van der Waals surface area contributed by atoms with Crippen LogP contribution in [-0.2, 0) is 4.79 Å². The maximum absolute atomic E-state index is 10.4. The molecular weight excluding hydrogens is 144 g/mol. The van der Waals surface area contributed by atoms with E-state index in [1.165, 1.54) is 0 Å². The van der Waals surface area contributed by atoms with Gasteiger partial charge in [0.2, 0.25) is 0 Å². The lowest BCUT2D eigenvalue weighted by Crippen LogP contribution is -2.52. The molecule has 1 rings (SSSR count). The molecule has 0 aromatic heterocycles. The van der Waals surface area contributed by atoms with Gasteiger partial charge in [-0.05, 0) is 19.8 Å². The normalized spacial score (nSPS) is 32.5. The molecule has 1 saturated carbocycles. The van der Waals surface area contributed by atoms with Crippen LogP contribution in [0.15, 0.2) is 0 Å². The second-order valence-corrected chi connectivity index (χ2v) is 3.15. The van der Waals surface area contributed by atoms with Crippen LogP contribution in [0.5, 0.6) is 0 Å². The predicted molar refractivity (Wildman–Crippen MR) is 41.2 cm³/mol. The van der Waals surface area contributed by atoms with Crippen molar-refractivity contribution in [1.82, 2.24) is 5.32 Å². The number of nitrogens with two attached hydrogens (primary N) is 1. The number of carbonyl (C=O) groups is 1. The molecule has 4 nitrogen and oxygen atoms in total. The maximum Gasteiger partial charge on any atom is 0.320 e. The van der Waals surface area contributed by atoms with Gasteiger partial charge in [-0.2, -0.15) is 0 Å². The monoisotopic (exact) mass is 158 g/mol. The number of carboxylic acid groups (broad SMARTS) is 1. The summed E-state index contributed by atoms with van der Waals surface area (Å²) in [6.45, 7) is 1.65. The maximum atomic E-state index is 10.4. The fourth-order valence-corrected chi connectivity index (χ4v) is 1.22. The van der Waals surface area contributed by atoms with Crippen LogP contribution in [0.25, 0.3) is 0 Å². The zero-order valence-corrected chi connectivity index (χ0v) is 6.58. The van der Waals surface area contributed by atoms with Gasteiger partial charge in [0.1, 0.15) is 6.04 Å². The minimum absolute atomic E-state index is 0.272. The van der Waals surface area contributed by atoms with Crippen molar-refractivity contribution in [3.8, 4) is 0 Å². The Balaban J connectivity index is 2.16. The number of hydrogen-bond acceptors (Lipinski definition) is 3. The quantitative estimate of drug-likeness (QED) is 0.519. The molecule has 1 aliphatic carbocycles. The zero-order chi connectivity index (χ0) is 8.43. The molecule has 1 fully saturated rings. The third-order valence-electron chi connectivity index (χ3n) is 2.03. The Hall–Kier alpha value is -0.610. The Labute approximate surface area is 65.8 Å². The van der Waals surface area contributed by atoms with Gasteiger partial charge in [0, 0.05) is 12.1 Å². The minimum atomic E-state index is -0.800. The Morgan fingerprint density at radius 2 is 2.27 bits per heavy atom. The van der Waals surface area contributed by atoms with Crippen molar-refractivity contribution in [2.75, 3.05) is 0 Å². The summed E-state index contributed by atoms with van der Waals surface area (Å²) >= 11 is 0. The summed E-state index contributed by atoms with van der Waals surface area (Å²) in [4.78, 5) is 10.4. The molecule has 4 heteroatoms. The van der Waals surface area contributed by atoms with E-state index in [-0.39, 0.29) is 6.04 Å². The molecule has 0 radical (unpaired) electrons. The van der Waals surface area contributed by atoms with Crippen LogP contribution in [0.3, 0.4) is 0 Å². The lowest BCUT2D eigenvalue weighted by atomic mass is 9.87. The highest BCUT2D eigenvalue weighted by molar-refractivity contribution is 5.72. The van der Waals surface area contributed by atoms with Gasteiger partial charge in [-0.15, -0.1) is 0 Å². The highest BCUT2D eigenvalue weighted by Gasteiger charge is 2.28. The van der Waals surface area contributed by atoms with Gasteiger partial charge in [0.05, 0.1) is 0 Å². The smallest absolute Gasteiger partial charge is 0.320 e. The van der Waals surface area contributed by atoms with E-state index in [0.717, 1.165) is 12.8 Å². The van der Waals surface area contributed by atoms with Gasteiger partial charge in [-0.1, -0.05) is 0 Å². The third kappa shape index (κ3) is 2.17. The van der Waals surface area contributed by atoms with Crippen LogP contribution >= 0.6 is 0 Å². The van der Waals surface area contributed by atoms with Gasteiger partial charge in [0.15, 0.2) is 0 Å². The second-order valence-electron chi connectivity index (χ2n) is 3.15. The summed E-state index contributed by atoms with van der Waals surface area (Å²) < 4.78 is 0. The number of hydrogen-bond donors (Lipinski definition) is 3. The van der Waals surface area contributed by atoms with Gasteiger partial charge >= 0.3 is 5.97 Å². The zero-order valence-electron chi connectivity index (χ0n) is 6.58. The van der Waals surface area contributed by atoms with Crippen LogP contribution in [0.4, 0.5) is 0 Å². The second kappa shape index (κ2) is 3.19. The van der Waals surface area contributed by atoms with Crippen LogP contribution < -0.4 is 11.1 Å². The average molecular weight is 158 g/mol. The molecular formula is C7H14N2O2. The van der Waals surface area contributed by atoms with Crippen LogP contribution in [0.1, 0.15) is 19.8 Å². The molecule has 0 amide bonds. The largest absolute Gasteiger partial charge is 0.480 e. The van der Waals surface area contributed by atoms with E-state index in [4.69, 9.17) is 10.8 Å². The van der Waals surface area contributed by atoms with E-state index in [2.05, 4.69) is 5.32 Å². The summed E-state index contributed by atoms with van der Waals surface area (Å²) in [6, 6.07) is 0.136. The molecule has 0 aromatic carbocycles. The van der Waals surface area contributed by atoms with Gasteiger partial charge in [0.25, 0.3) is 0 Å². The van der Waals surface area contributed by atoms with Crippen molar-refractivity contribution in [2.24, 2.45) is 5.73 Å². The Bertz CT molecular complexity index is 155. The molecule has 0 aliphatic heterocycles. The molecule has 11 heavy (non-hydrogen) atoms. The summed E-state index contributed by atoms with van der Waals surface area (Å²) in [5.41, 5.74) is 5.53. The van der Waals surface area contributed by atoms with E-state index in [9.17, 15) is 4.79 Å². The van der Waals surface area contributed by atoms with Gasteiger partial charge in [-0.3, -0.25) is 4.79 Å². The van der Waals surface area contributed by atoms with Gasteiger partial charge < -0.3 is 16.2 Å². The summed E-state index contributed by atoms with van der Waals surface area (Å²) in [6.07, 6.45) is 1.80. The first-order valence-electron chi connectivity index (χ1n) is 3.84. The Morgan fingerprint density at radius 1 is 1.73 bits per heavy atom. The molecule has 0 heterocycles. The predicted octanol–water partition coefficient (Wildman–Crippen LogP) is -0.461. The Kier molecular flexibility index (Phi) is 2.46. The fraction of sp³-hybridized carbons (Fsp3) is 0.857. The molecule has 0 aromatic rings. The average Bonchev–Trinajstić information content (AvgIpc) is 1.84. The van der Waals surface area contributed by atoms with Crippen molar-refractivity contribution in [3.63, 3.8) is 0 Å². The summed E-state index contributed by atoms with van der Waals surface area (Å²) in [5.74, 6) is -0.800. The molecule has 0 saturated heterocycles. The van der Waals surface area contributed by atoms with Gasteiger partial charge in [-0.25, -0.2) is 0 Å². The van der Waals surface area contributed by atoms with Crippen molar-refractivity contribution in [1.29, 1.82) is 0 Å². The standard InChI is InChI=1S/C7H14N2O2/c1-4(7(10)11)9-6-2-5(8)3-6/h4-6,9H,2-3,8H2,1H3,(H,10,11)/t4-,5?,6?/m1/s1. The Morgan fingerprint density at radius 3 is 2.64 bits per heavy atom. The molecule has 1 aliphatic rings. The van der Waals surface area contributed by atoms with Crippen LogP contribution in [0.2, 0.25) is 0 Å². The number of aliphatic carboxylic acids is 1. The first-order chi connectivity index (χ1) is 5.09. The minimum Gasteiger partial charge on any atom is -0.480 e. The van der Waals surface area contributed by atoms with E-state index in [1.54, 1.807) is 6.92 Å². The molecule has 0 unspecified atom stereocenters. The molecule has 4 N–H and O–H groups in total. The fourth-order valence-electron chi connectivity index (χ4n) is 1.22. The first-order valence-corrected chi connectivity index (χ1v) is 3.84. The highest BCUT2D eigenvalue weighted by Crippen LogP contribution is 2.17. The van der Waals surface area contributed by atoms with Crippen molar-refractivity contribution < 1.29 is 9.90 Å². The van der Waals surface area contributed by atoms with Crippen molar-refractivity contribution in [2.45, 2.75) is 37.9 Å². The number of rotatable bonds is 3. The molecule has 0 bridgehead atoms. The molecule has 0 spiro atoms. The topological polar surface area (TPSA) is 75.3 Å². The van der Waals surface area contributed by atoms with Crippen LogP contribution in [0, 0.1) is 0 Å². The van der Waals surface area contributed by atoms with E-state index in [1.807, 2.05) is 0 Å². The third-order valence-corrected chi connectivity index (χ3v) is 2.03.